The Kier molecular flexibility index (Phi) is 5.43. The van der Waals surface area contributed by atoms with Crippen LogP contribution in [0.2, 0.25) is 0 Å². The van der Waals surface area contributed by atoms with Crippen LogP contribution in [0.3, 0.4) is 0 Å². The fourth-order valence-corrected chi connectivity index (χ4v) is 3.13. The van der Waals surface area contributed by atoms with Crippen molar-refractivity contribution in [3.63, 3.8) is 0 Å². The number of halogens is 1. The van der Waals surface area contributed by atoms with Gasteiger partial charge >= 0.3 is 5.97 Å². The number of ether oxygens (including phenoxy) is 1. The van der Waals surface area contributed by atoms with Crippen LogP contribution in [-0.4, -0.2) is 18.5 Å². The molecule has 2 aromatic carbocycles. The maximum Gasteiger partial charge on any atom is 0.310 e. The number of aryl methyl sites for hydroxylation is 1. The van der Waals surface area contributed by atoms with Crippen molar-refractivity contribution < 1.29 is 18.7 Å². The molecule has 0 fully saturated rings. The van der Waals surface area contributed by atoms with Crippen LogP contribution in [0.1, 0.15) is 35.6 Å². The van der Waals surface area contributed by atoms with Crippen molar-refractivity contribution in [2.75, 3.05) is 6.61 Å². The van der Waals surface area contributed by atoms with Gasteiger partial charge in [0.25, 0.3) is 5.91 Å². The van der Waals surface area contributed by atoms with Crippen LogP contribution in [0, 0.1) is 5.82 Å². The van der Waals surface area contributed by atoms with Crippen LogP contribution in [0.25, 0.3) is 0 Å². The second-order valence-corrected chi connectivity index (χ2v) is 6.14. The van der Waals surface area contributed by atoms with Crippen molar-refractivity contribution in [3.8, 4) is 0 Å². The molecule has 0 heterocycles. The summed E-state index contributed by atoms with van der Waals surface area (Å²) < 4.78 is 18.5. The van der Waals surface area contributed by atoms with E-state index in [0.717, 1.165) is 24.8 Å². The lowest BCUT2D eigenvalue weighted by Crippen LogP contribution is -2.34. The first-order valence-corrected chi connectivity index (χ1v) is 8.39. The van der Waals surface area contributed by atoms with Gasteiger partial charge in [0.1, 0.15) is 5.82 Å². The Balaban J connectivity index is 1.50. The highest BCUT2D eigenvalue weighted by Crippen LogP contribution is 2.29. The van der Waals surface area contributed by atoms with Crippen LogP contribution in [0.15, 0.2) is 48.5 Å². The standard InChI is InChI=1S/C20H20FNO3/c21-17-10-4-2-7-15(17)12-20(24)25-13-19(23)22-18-11-5-8-14-6-1-3-9-16(14)18/h1-4,6-7,9-10,18H,5,8,11-13H2,(H,22,23)/t18-/m0/s1. The van der Waals surface area contributed by atoms with E-state index in [1.54, 1.807) is 12.1 Å². The van der Waals surface area contributed by atoms with Crippen molar-refractivity contribution in [1.82, 2.24) is 5.32 Å². The largest absolute Gasteiger partial charge is 0.455 e. The molecule has 1 amide bonds. The van der Waals surface area contributed by atoms with E-state index in [1.807, 2.05) is 18.2 Å². The number of benzene rings is 2. The second-order valence-electron chi connectivity index (χ2n) is 6.14. The Labute approximate surface area is 146 Å². The minimum atomic E-state index is -0.621. The maximum atomic E-state index is 13.5. The summed E-state index contributed by atoms with van der Waals surface area (Å²) in [6, 6.07) is 14.0. The Morgan fingerprint density at radius 3 is 2.72 bits per heavy atom. The predicted octanol–water partition coefficient (Wildman–Crippen LogP) is 3.11. The van der Waals surface area contributed by atoms with Gasteiger partial charge < -0.3 is 10.1 Å². The minimum absolute atomic E-state index is 0.0530. The fourth-order valence-electron chi connectivity index (χ4n) is 3.13. The zero-order valence-electron chi connectivity index (χ0n) is 13.8. The molecule has 3 rings (SSSR count). The lowest BCUT2D eigenvalue weighted by atomic mass is 9.88. The van der Waals surface area contributed by atoms with Crippen molar-refractivity contribution in [1.29, 1.82) is 0 Å². The highest BCUT2D eigenvalue weighted by atomic mass is 19.1. The van der Waals surface area contributed by atoms with Gasteiger partial charge in [0.15, 0.2) is 6.61 Å². The molecular weight excluding hydrogens is 321 g/mol. The smallest absolute Gasteiger partial charge is 0.310 e. The number of carbonyl (C=O) groups is 2. The van der Waals surface area contributed by atoms with E-state index in [1.165, 1.54) is 17.7 Å². The van der Waals surface area contributed by atoms with Gasteiger partial charge in [-0.25, -0.2) is 4.39 Å². The van der Waals surface area contributed by atoms with Crippen molar-refractivity contribution in [2.24, 2.45) is 0 Å². The van der Waals surface area contributed by atoms with Crippen molar-refractivity contribution >= 4 is 11.9 Å². The van der Waals surface area contributed by atoms with E-state index in [9.17, 15) is 14.0 Å². The van der Waals surface area contributed by atoms with E-state index in [2.05, 4.69) is 11.4 Å². The summed E-state index contributed by atoms with van der Waals surface area (Å²) in [5.41, 5.74) is 2.63. The van der Waals surface area contributed by atoms with Gasteiger partial charge in [-0.2, -0.15) is 0 Å². The first-order valence-electron chi connectivity index (χ1n) is 8.39. The summed E-state index contributed by atoms with van der Waals surface area (Å²) >= 11 is 0. The van der Waals surface area contributed by atoms with Gasteiger partial charge in [-0.05, 0) is 42.0 Å². The Morgan fingerprint density at radius 1 is 1.12 bits per heavy atom. The number of nitrogens with one attached hydrogen (secondary N) is 1. The molecule has 1 aliphatic carbocycles. The number of amides is 1. The molecule has 2 aromatic rings. The summed E-state index contributed by atoms with van der Waals surface area (Å²) in [7, 11) is 0. The third-order valence-electron chi connectivity index (χ3n) is 4.36. The average Bonchev–Trinajstić information content (AvgIpc) is 2.62. The zero-order chi connectivity index (χ0) is 17.6. The molecule has 0 unspecified atom stereocenters. The molecule has 1 aliphatic rings. The van der Waals surface area contributed by atoms with Crippen LogP contribution in [0.4, 0.5) is 4.39 Å². The summed E-state index contributed by atoms with van der Waals surface area (Å²) in [6.07, 6.45) is 2.70. The number of rotatable bonds is 5. The van der Waals surface area contributed by atoms with E-state index in [-0.39, 0.29) is 30.5 Å². The number of esters is 1. The molecule has 5 heteroatoms. The normalized spacial score (nSPS) is 16.0. The highest BCUT2D eigenvalue weighted by molar-refractivity contribution is 5.81. The van der Waals surface area contributed by atoms with Gasteiger partial charge in [-0.3, -0.25) is 9.59 Å². The van der Waals surface area contributed by atoms with Gasteiger partial charge in [-0.1, -0.05) is 42.5 Å². The van der Waals surface area contributed by atoms with Crippen LogP contribution in [-0.2, 0) is 27.2 Å². The molecule has 0 radical (unpaired) electrons. The summed E-state index contributed by atoms with van der Waals surface area (Å²) in [5.74, 6) is -1.42. The molecule has 1 N–H and O–H groups in total. The van der Waals surface area contributed by atoms with Crippen molar-refractivity contribution in [3.05, 3.63) is 71.0 Å². The molecule has 0 saturated carbocycles. The minimum Gasteiger partial charge on any atom is -0.455 e. The number of hydrogen-bond donors (Lipinski definition) is 1. The number of hydrogen-bond acceptors (Lipinski definition) is 3. The predicted molar refractivity (Wildman–Crippen MR) is 91.3 cm³/mol. The maximum absolute atomic E-state index is 13.5. The van der Waals surface area contributed by atoms with E-state index < -0.39 is 11.8 Å². The Bertz CT molecular complexity index is 775. The third kappa shape index (κ3) is 4.44. The lowest BCUT2D eigenvalue weighted by Gasteiger charge is -2.26. The van der Waals surface area contributed by atoms with E-state index in [4.69, 9.17) is 4.74 Å². The summed E-state index contributed by atoms with van der Waals surface area (Å²) in [6.45, 7) is -0.355. The molecule has 0 saturated heterocycles. The quantitative estimate of drug-likeness (QED) is 0.850. The van der Waals surface area contributed by atoms with Gasteiger partial charge in [-0.15, -0.1) is 0 Å². The number of carbonyl (C=O) groups excluding carboxylic acids is 2. The molecule has 25 heavy (non-hydrogen) atoms. The third-order valence-corrected chi connectivity index (χ3v) is 4.36. The Hall–Kier alpha value is -2.69. The molecular formula is C20H20FNO3. The van der Waals surface area contributed by atoms with Gasteiger partial charge in [0.2, 0.25) is 0 Å². The Morgan fingerprint density at radius 2 is 1.88 bits per heavy atom. The summed E-state index contributed by atoms with van der Waals surface area (Å²) in [5, 5.41) is 2.92. The van der Waals surface area contributed by atoms with Crippen LogP contribution < -0.4 is 5.32 Å². The average molecular weight is 341 g/mol. The molecule has 0 bridgehead atoms. The highest BCUT2D eigenvalue weighted by Gasteiger charge is 2.21. The second kappa shape index (κ2) is 7.92. The molecule has 0 aliphatic heterocycles. The zero-order valence-corrected chi connectivity index (χ0v) is 13.8. The van der Waals surface area contributed by atoms with E-state index in [0.29, 0.717) is 0 Å². The van der Waals surface area contributed by atoms with Gasteiger partial charge in [0.05, 0.1) is 12.5 Å². The molecule has 0 aromatic heterocycles. The molecule has 1 atom stereocenters. The molecule has 4 nitrogen and oxygen atoms in total. The first-order chi connectivity index (χ1) is 12.1. The molecule has 130 valence electrons. The topological polar surface area (TPSA) is 55.4 Å². The first kappa shape index (κ1) is 17.1. The lowest BCUT2D eigenvalue weighted by molar-refractivity contribution is -0.148. The SMILES string of the molecule is O=C(COC(=O)Cc1ccccc1F)N[C@H]1CCCc2ccccc21. The van der Waals surface area contributed by atoms with Crippen LogP contribution >= 0.6 is 0 Å². The van der Waals surface area contributed by atoms with E-state index >= 15 is 0 Å². The monoisotopic (exact) mass is 341 g/mol. The summed E-state index contributed by atoms with van der Waals surface area (Å²) in [4.78, 5) is 23.9. The van der Waals surface area contributed by atoms with Crippen molar-refractivity contribution in [2.45, 2.75) is 31.7 Å². The fraction of sp³-hybridized carbons (Fsp3) is 0.300. The number of fused-ring (bicyclic) bond motifs is 1. The van der Waals surface area contributed by atoms with Crippen LogP contribution in [0.5, 0.6) is 0 Å². The molecule has 0 spiro atoms. The van der Waals surface area contributed by atoms with Gasteiger partial charge in [0, 0.05) is 0 Å².